The normalized spacial score (nSPS) is 29.2. The average Bonchev–Trinajstić information content (AvgIpc) is 2.03. The summed E-state index contributed by atoms with van der Waals surface area (Å²) in [4.78, 5) is 0. The quantitative estimate of drug-likeness (QED) is 0.205. The van der Waals surface area contributed by atoms with Crippen molar-refractivity contribution in [1.82, 2.24) is 0 Å². The molecule has 0 unspecified atom stereocenters. The van der Waals surface area contributed by atoms with Crippen LogP contribution in [0.4, 0.5) is 0 Å². The van der Waals surface area contributed by atoms with E-state index in [1.165, 1.54) is 38.5 Å². The Bertz CT molecular complexity index is 2390. The molecule has 14 rings (SSSR count). The first-order valence-corrected chi connectivity index (χ1v) is 33.2. The summed E-state index contributed by atoms with van der Waals surface area (Å²) in [6.07, 6.45) is 12.7. The molecule has 0 N–H and O–H groups in total. The summed E-state index contributed by atoms with van der Waals surface area (Å²) in [5, 5.41) is -1.01. The van der Waals surface area contributed by atoms with Crippen molar-refractivity contribution in [3.05, 3.63) is 97.1 Å². The van der Waals surface area contributed by atoms with Crippen LogP contribution >= 0.6 is 15.2 Å². The fourth-order valence-electron chi connectivity index (χ4n) is 13.8. The van der Waals surface area contributed by atoms with Crippen molar-refractivity contribution < 1.29 is 123 Å². The van der Waals surface area contributed by atoms with Crippen molar-refractivity contribution >= 4 is 52.9 Å². The third-order valence-corrected chi connectivity index (χ3v) is 21.3. The average molecular weight is 1270 g/mol. The second kappa shape index (κ2) is 29.9. The molecule has 452 valence electrons. The summed E-state index contributed by atoms with van der Waals surface area (Å²) in [5.41, 5.74) is 0. The minimum Gasteiger partial charge on any atom is -0.487 e. The predicted octanol–water partition coefficient (Wildman–Crippen LogP) is 2.33. The van der Waals surface area contributed by atoms with Gasteiger partial charge >= 0.3 is 52.9 Å². The van der Waals surface area contributed by atoms with Crippen LogP contribution in [0.25, 0.3) is 0 Å². The molecule has 83 heavy (non-hydrogen) atoms. The second-order valence-electron chi connectivity index (χ2n) is 22.0. The second-order valence-corrected chi connectivity index (χ2v) is 28.2. The molecule has 4 aromatic carbocycles. The van der Waals surface area contributed by atoms with E-state index in [4.69, 9.17) is 93.3 Å². The summed E-state index contributed by atoms with van der Waals surface area (Å²) in [6.45, 7) is 5.00. The monoisotopic (exact) mass is 1270 g/mol. The Balaban J connectivity index is 0.000000185. The summed E-state index contributed by atoms with van der Waals surface area (Å²) < 4.78 is 171. The zero-order valence-corrected chi connectivity index (χ0v) is 51.5. The number of hydrogen-bond acceptors (Lipinski definition) is 22. The minimum absolute atomic E-state index is 0. The van der Waals surface area contributed by atoms with Crippen LogP contribution in [0.15, 0.2) is 97.1 Å². The molecule has 0 amide bonds. The summed E-state index contributed by atoms with van der Waals surface area (Å²) in [5.74, 6) is 7.48. The third-order valence-electron chi connectivity index (χ3n) is 16.1. The standard InChI is InChI=1S/2C28H35O7P.Ca.2ClHO4/c2*29-36(28-18-21-15-22(19-28)17-23(16-21)20-28)34-26-7-3-1-5-24(26)32-13-11-30-9-10-31-12-14-33-25-6-2-4-8-27(25)35-36;;2*2-1(3,4)5/h2*1-8,21-23H,9-20H2;;2*(H,2,3,4,5)/q;;+2;;/p-2. The number of para-hydroxylation sites is 8. The van der Waals surface area contributed by atoms with Gasteiger partial charge in [0.1, 0.15) is 26.4 Å². The van der Waals surface area contributed by atoms with Crippen LogP contribution in [0.3, 0.4) is 0 Å². The molecule has 2 aliphatic heterocycles. The van der Waals surface area contributed by atoms with Crippen LogP contribution in [0.5, 0.6) is 46.0 Å². The molecule has 0 radical (unpaired) electrons. The fourth-order valence-corrected chi connectivity index (χ4v) is 19.2. The number of hydrogen-bond donors (Lipinski definition) is 0. The van der Waals surface area contributed by atoms with Crippen LogP contribution in [0, 0.1) is 56.0 Å². The summed E-state index contributed by atoms with van der Waals surface area (Å²) in [7, 11) is -17.3. The largest absolute Gasteiger partial charge is 2.00 e. The smallest absolute Gasteiger partial charge is 0.487 e. The maximum atomic E-state index is 15.2. The van der Waals surface area contributed by atoms with Crippen molar-refractivity contribution in [3.63, 3.8) is 0 Å². The van der Waals surface area contributed by atoms with Gasteiger partial charge in [0.15, 0.2) is 46.0 Å². The van der Waals surface area contributed by atoms with E-state index in [9.17, 15) is 0 Å². The van der Waals surface area contributed by atoms with Crippen LogP contribution in [-0.2, 0) is 28.1 Å². The molecule has 22 nitrogen and oxygen atoms in total. The van der Waals surface area contributed by atoms with Gasteiger partial charge in [-0.15, -0.1) is 20.5 Å². The first-order chi connectivity index (χ1) is 39.2. The van der Waals surface area contributed by atoms with E-state index in [0.717, 1.165) is 38.5 Å². The van der Waals surface area contributed by atoms with E-state index in [-0.39, 0.29) is 37.7 Å². The molecule has 0 saturated heterocycles. The van der Waals surface area contributed by atoms with E-state index in [1.807, 2.05) is 97.1 Å². The molecule has 8 aliphatic carbocycles. The Hall–Kier alpha value is -2.90. The third kappa shape index (κ3) is 18.6. The van der Waals surface area contributed by atoms with E-state index in [2.05, 4.69) is 0 Å². The number of ether oxygens (including phenoxy) is 8. The van der Waals surface area contributed by atoms with E-state index in [0.29, 0.717) is 161 Å². The molecule has 0 aromatic heterocycles. The molecule has 2 heterocycles. The molecule has 10 aliphatic rings. The van der Waals surface area contributed by atoms with Gasteiger partial charge in [0, 0.05) is 0 Å². The molecule has 8 saturated carbocycles. The zero-order valence-electron chi connectivity index (χ0n) is 46.0. The van der Waals surface area contributed by atoms with Gasteiger partial charge in [-0.1, -0.05) is 48.5 Å². The van der Waals surface area contributed by atoms with Gasteiger partial charge in [0.25, 0.3) is 0 Å². The maximum Gasteiger partial charge on any atom is 2.00 e. The number of fused-ring (bicyclic) bond motifs is 4. The Morgan fingerprint density at radius 2 is 0.482 bits per heavy atom. The van der Waals surface area contributed by atoms with E-state index < -0.39 is 46.0 Å². The Morgan fingerprint density at radius 1 is 0.313 bits per heavy atom. The zero-order chi connectivity index (χ0) is 57.9. The molecule has 8 bridgehead atoms. The van der Waals surface area contributed by atoms with E-state index in [1.54, 1.807) is 0 Å². The molecular formula is C56H70CaCl2O22P2. The van der Waals surface area contributed by atoms with Crippen molar-refractivity contribution in [2.75, 3.05) is 79.3 Å². The first-order valence-electron chi connectivity index (χ1n) is 27.7. The van der Waals surface area contributed by atoms with Gasteiger partial charge < -0.3 is 56.0 Å². The summed E-state index contributed by atoms with van der Waals surface area (Å²) >= 11 is 0. The van der Waals surface area contributed by atoms with Gasteiger partial charge in [-0.3, -0.25) is 0 Å². The SMILES string of the molecule is O=P1(C23CC4CC(CC(C4)C2)C3)Oc2ccccc2OCCOCCOCCOc2ccccc2O1.O=P1(C23CC4CC(CC(C4)C2)C3)Oc2ccccc2OCCOCCOCCOc2ccccc2O1.[Ca+2].[O-][Cl+3]([O-])([O-])[O-].[O-][Cl+3]([O-])([O-])[O-]. The fraction of sp³-hybridized carbons (Fsp3) is 0.571. The molecule has 8 fully saturated rings. The number of halogens is 2. The van der Waals surface area contributed by atoms with Gasteiger partial charge in [-0.25, -0.2) is 46.4 Å². The van der Waals surface area contributed by atoms with Crippen LogP contribution in [0.2, 0.25) is 0 Å². The topological polar surface area (TPSA) is 329 Å². The molecule has 0 atom stereocenters. The van der Waals surface area contributed by atoms with E-state index >= 15 is 9.13 Å². The first kappa shape index (κ1) is 66.1. The van der Waals surface area contributed by atoms with Crippen molar-refractivity contribution in [2.24, 2.45) is 35.5 Å². The van der Waals surface area contributed by atoms with Crippen LogP contribution in [0.1, 0.15) is 77.0 Å². The Labute approximate surface area is 517 Å². The van der Waals surface area contributed by atoms with Gasteiger partial charge in [0.05, 0.1) is 63.2 Å². The Morgan fingerprint density at radius 3 is 0.675 bits per heavy atom. The van der Waals surface area contributed by atoms with Crippen molar-refractivity contribution in [1.29, 1.82) is 0 Å². The maximum absolute atomic E-state index is 15.2. The van der Waals surface area contributed by atoms with Gasteiger partial charge in [0.2, 0.25) is 0 Å². The number of benzene rings is 4. The van der Waals surface area contributed by atoms with Crippen LogP contribution < -0.4 is 74.3 Å². The molecule has 27 heteroatoms. The van der Waals surface area contributed by atoms with Gasteiger partial charge in [-0.05, 0) is 161 Å². The predicted molar refractivity (Wildman–Crippen MR) is 276 cm³/mol. The molecular weight excluding hydrogens is 1200 g/mol. The van der Waals surface area contributed by atoms with Gasteiger partial charge in [-0.2, -0.15) is 0 Å². The summed E-state index contributed by atoms with van der Waals surface area (Å²) in [6, 6.07) is 29.7. The minimum atomic E-state index is -4.94. The van der Waals surface area contributed by atoms with Crippen LogP contribution in [-0.4, -0.2) is 127 Å². The molecule has 0 spiro atoms. The molecule has 4 aromatic rings. The van der Waals surface area contributed by atoms with Crippen molar-refractivity contribution in [2.45, 2.75) is 87.4 Å². The number of rotatable bonds is 2. The Kier molecular flexibility index (Phi) is 23.8. The van der Waals surface area contributed by atoms with Crippen molar-refractivity contribution in [3.8, 4) is 46.0 Å².